The molecular weight excluding hydrogens is 224 g/mol. The standard InChI is InChI=1S/C11H10N2O4/c1-17-6-7-2-3-9-10(11(7)13(15)16)8(5-14)4-12-9/h2-5,12H,6H2,1H3. The lowest BCUT2D eigenvalue weighted by molar-refractivity contribution is -0.384. The predicted molar refractivity (Wildman–Crippen MR) is 61.1 cm³/mol. The maximum Gasteiger partial charge on any atom is 0.284 e. The van der Waals surface area contributed by atoms with Gasteiger partial charge >= 0.3 is 0 Å². The van der Waals surface area contributed by atoms with Crippen LogP contribution in [0.2, 0.25) is 0 Å². The van der Waals surface area contributed by atoms with E-state index in [0.29, 0.717) is 22.8 Å². The first-order valence-corrected chi connectivity index (χ1v) is 4.90. The minimum Gasteiger partial charge on any atom is -0.380 e. The second-order valence-corrected chi connectivity index (χ2v) is 3.55. The van der Waals surface area contributed by atoms with Gasteiger partial charge < -0.3 is 9.72 Å². The molecule has 0 aliphatic carbocycles. The number of fused-ring (bicyclic) bond motifs is 1. The number of nitrogens with zero attached hydrogens (tertiary/aromatic N) is 1. The molecule has 0 amide bonds. The van der Waals surface area contributed by atoms with E-state index in [1.165, 1.54) is 13.3 Å². The lowest BCUT2D eigenvalue weighted by Gasteiger charge is -2.03. The number of nitro benzene ring substituents is 1. The van der Waals surface area contributed by atoms with E-state index in [2.05, 4.69) is 4.98 Å². The first-order chi connectivity index (χ1) is 8.19. The van der Waals surface area contributed by atoms with Crippen molar-refractivity contribution in [3.63, 3.8) is 0 Å². The summed E-state index contributed by atoms with van der Waals surface area (Å²) in [6.45, 7) is 0.135. The van der Waals surface area contributed by atoms with Gasteiger partial charge in [-0.1, -0.05) is 0 Å². The van der Waals surface area contributed by atoms with Crippen LogP contribution in [0.15, 0.2) is 18.3 Å². The zero-order valence-electron chi connectivity index (χ0n) is 9.10. The van der Waals surface area contributed by atoms with Crippen LogP contribution in [0.5, 0.6) is 0 Å². The summed E-state index contributed by atoms with van der Waals surface area (Å²) in [5.41, 5.74) is 1.23. The highest BCUT2D eigenvalue weighted by atomic mass is 16.6. The Kier molecular flexibility index (Phi) is 2.88. The molecule has 1 aromatic heterocycles. The molecule has 0 aliphatic rings. The fourth-order valence-electron chi connectivity index (χ4n) is 1.85. The van der Waals surface area contributed by atoms with Crippen molar-refractivity contribution >= 4 is 22.9 Å². The van der Waals surface area contributed by atoms with Crippen LogP contribution in [-0.4, -0.2) is 23.3 Å². The summed E-state index contributed by atoms with van der Waals surface area (Å²) >= 11 is 0. The monoisotopic (exact) mass is 234 g/mol. The van der Waals surface area contributed by atoms with Gasteiger partial charge in [-0.3, -0.25) is 14.9 Å². The molecule has 1 aromatic carbocycles. The molecule has 0 saturated carbocycles. The van der Waals surface area contributed by atoms with Crippen LogP contribution in [0.4, 0.5) is 5.69 Å². The molecule has 17 heavy (non-hydrogen) atoms. The molecule has 0 bridgehead atoms. The smallest absolute Gasteiger partial charge is 0.284 e. The Labute approximate surface area is 96.3 Å². The summed E-state index contributed by atoms with van der Waals surface area (Å²) in [4.78, 5) is 24.3. The van der Waals surface area contributed by atoms with Gasteiger partial charge in [0.25, 0.3) is 5.69 Å². The molecule has 0 unspecified atom stereocenters. The van der Waals surface area contributed by atoms with Gasteiger partial charge in [-0.2, -0.15) is 0 Å². The van der Waals surface area contributed by atoms with Crippen LogP contribution >= 0.6 is 0 Å². The van der Waals surface area contributed by atoms with Crippen molar-refractivity contribution in [3.05, 3.63) is 39.6 Å². The van der Waals surface area contributed by atoms with Gasteiger partial charge in [-0.25, -0.2) is 0 Å². The fraction of sp³-hybridized carbons (Fsp3) is 0.182. The fourth-order valence-corrected chi connectivity index (χ4v) is 1.85. The van der Waals surface area contributed by atoms with Crippen LogP contribution in [-0.2, 0) is 11.3 Å². The highest BCUT2D eigenvalue weighted by molar-refractivity contribution is 6.03. The molecule has 2 aromatic rings. The van der Waals surface area contributed by atoms with Crippen molar-refractivity contribution in [2.75, 3.05) is 7.11 Å². The number of carbonyl (C=O) groups excluding carboxylic acids is 1. The van der Waals surface area contributed by atoms with E-state index >= 15 is 0 Å². The van der Waals surface area contributed by atoms with Crippen LogP contribution in [0.3, 0.4) is 0 Å². The van der Waals surface area contributed by atoms with Crippen molar-refractivity contribution in [1.82, 2.24) is 4.98 Å². The third kappa shape index (κ3) is 1.78. The Bertz CT molecular complexity index is 588. The number of aromatic amines is 1. The quantitative estimate of drug-likeness (QED) is 0.498. The lowest BCUT2D eigenvalue weighted by atomic mass is 10.1. The van der Waals surface area contributed by atoms with Gasteiger partial charge in [0.15, 0.2) is 6.29 Å². The molecule has 0 atom stereocenters. The summed E-state index contributed by atoms with van der Waals surface area (Å²) in [5, 5.41) is 11.4. The van der Waals surface area contributed by atoms with E-state index in [1.54, 1.807) is 12.1 Å². The Balaban J connectivity index is 2.81. The molecule has 88 valence electrons. The molecule has 6 nitrogen and oxygen atoms in total. The first kappa shape index (κ1) is 11.3. The Morgan fingerprint density at radius 2 is 2.29 bits per heavy atom. The summed E-state index contributed by atoms with van der Waals surface area (Å²) < 4.78 is 4.91. The molecule has 6 heteroatoms. The number of benzene rings is 1. The number of hydrogen-bond acceptors (Lipinski definition) is 4. The average Bonchev–Trinajstić information content (AvgIpc) is 2.71. The summed E-state index contributed by atoms with van der Waals surface area (Å²) in [6.07, 6.45) is 2.06. The number of aromatic nitrogens is 1. The topological polar surface area (TPSA) is 85.2 Å². The summed E-state index contributed by atoms with van der Waals surface area (Å²) in [5.74, 6) is 0. The van der Waals surface area contributed by atoms with Gasteiger partial charge in [-0.05, 0) is 12.1 Å². The average molecular weight is 234 g/mol. The van der Waals surface area contributed by atoms with E-state index in [-0.39, 0.29) is 17.9 Å². The highest BCUT2D eigenvalue weighted by Gasteiger charge is 2.21. The van der Waals surface area contributed by atoms with Crippen LogP contribution in [0, 0.1) is 10.1 Å². The largest absolute Gasteiger partial charge is 0.380 e. The third-order valence-electron chi connectivity index (χ3n) is 2.54. The molecule has 0 spiro atoms. The van der Waals surface area contributed by atoms with Crippen LogP contribution in [0.25, 0.3) is 10.9 Å². The van der Waals surface area contributed by atoms with Crippen molar-refractivity contribution in [1.29, 1.82) is 0 Å². The van der Waals surface area contributed by atoms with Crippen LogP contribution < -0.4 is 0 Å². The zero-order valence-corrected chi connectivity index (χ0v) is 9.10. The maximum absolute atomic E-state index is 11.1. The highest BCUT2D eigenvalue weighted by Crippen LogP contribution is 2.31. The molecule has 0 fully saturated rings. The number of hydrogen-bond donors (Lipinski definition) is 1. The van der Waals surface area contributed by atoms with Crippen molar-refractivity contribution in [3.8, 4) is 0 Å². The lowest BCUT2D eigenvalue weighted by Crippen LogP contribution is -1.98. The Morgan fingerprint density at radius 1 is 1.53 bits per heavy atom. The van der Waals surface area contributed by atoms with Crippen molar-refractivity contribution in [2.24, 2.45) is 0 Å². The molecule has 0 radical (unpaired) electrons. The van der Waals surface area contributed by atoms with Gasteiger partial charge in [0.1, 0.15) is 0 Å². The number of carbonyl (C=O) groups is 1. The van der Waals surface area contributed by atoms with E-state index in [9.17, 15) is 14.9 Å². The number of nitrogens with one attached hydrogen (secondary N) is 1. The van der Waals surface area contributed by atoms with Gasteiger partial charge in [-0.15, -0.1) is 0 Å². The van der Waals surface area contributed by atoms with Gasteiger partial charge in [0, 0.05) is 18.9 Å². The second-order valence-electron chi connectivity index (χ2n) is 3.55. The minimum atomic E-state index is -0.489. The van der Waals surface area contributed by atoms with E-state index in [1.807, 2.05) is 0 Å². The number of ether oxygens (including phenoxy) is 1. The number of methoxy groups -OCH3 is 1. The van der Waals surface area contributed by atoms with Gasteiger partial charge in [0.2, 0.25) is 0 Å². The van der Waals surface area contributed by atoms with Crippen molar-refractivity contribution in [2.45, 2.75) is 6.61 Å². The molecular formula is C11H10N2O4. The molecule has 1 heterocycles. The SMILES string of the molecule is COCc1ccc2[nH]cc(C=O)c2c1[N+](=O)[O-]. The number of rotatable bonds is 4. The number of H-pyrrole nitrogens is 1. The summed E-state index contributed by atoms with van der Waals surface area (Å²) in [6, 6.07) is 3.32. The maximum atomic E-state index is 11.1. The normalized spacial score (nSPS) is 10.6. The van der Waals surface area contributed by atoms with E-state index < -0.39 is 4.92 Å². The summed E-state index contributed by atoms with van der Waals surface area (Å²) in [7, 11) is 1.46. The first-order valence-electron chi connectivity index (χ1n) is 4.90. The molecule has 0 aliphatic heterocycles. The predicted octanol–water partition coefficient (Wildman–Crippen LogP) is 2.03. The van der Waals surface area contributed by atoms with Crippen molar-refractivity contribution < 1.29 is 14.5 Å². The molecule has 1 N–H and O–H groups in total. The van der Waals surface area contributed by atoms with Crippen LogP contribution in [0.1, 0.15) is 15.9 Å². The van der Waals surface area contributed by atoms with Gasteiger partial charge in [0.05, 0.1) is 28.0 Å². The Morgan fingerprint density at radius 3 is 2.88 bits per heavy atom. The molecule has 0 saturated heterocycles. The number of aldehydes is 1. The zero-order chi connectivity index (χ0) is 12.4. The second kappa shape index (κ2) is 4.34. The van der Waals surface area contributed by atoms with E-state index in [4.69, 9.17) is 4.74 Å². The van der Waals surface area contributed by atoms with E-state index in [0.717, 1.165) is 0 Å². The number of nitro groups is 1. The Hall–Kier alpha value is -2.21. The minimum absolute atomic E-state index is 0.0762. The molecule has 2 rings (SSSR count). The third-order valence-corrected chi connectivity index (χ3v) is 2.54.